The number of nitrogens with two attached hydrogens (primary N) is 1. The Bertz CT molecular complexity index is 1260. The first-order chi connectivity index (χ1) is 15.0. The summed E-state index contributed by atoms with van der Waals surface area (Å²) in [6.45, 7) is 2.66. The zero-order chi connectivity index (χ0) is 21.8. The van der Waals surface area contributed by atoms with Gasteiger partial charge < -0.3 is 5.73 Å². The number of primary amides is 1. The van der Waals surface area contributed by atoms with E-state index in [1.165, 1.54) is 22.2 Å². The van der Waals surface area contributed by atoms with Gasteiger partial charge in [-0.05, 0) is 42.2 Å². The van der Waals surface area contributed by atoms with E-state index < -0.39 is 5.91 Å². The van der Waals surface area contributed by atoms with Crippen molar-refractivity contribution >= 4 is 39.2 Å². The highest BCUT2D eigenvalue weighted by Crippen LogP contribution is 2.27. The number of benzene rings is 2. The molecule has 0 bridgehead atoms. The van der Waals surface area contributed by atoms with Crippen molar-refractivity contribution in [2.45, 2.75) is 37.2 Å². The lowest BCUT2D eigenvalue weighted by molar-refractivity contribution is 0.100. The third-order valence-corrected chi connectivity index (χ3v) is 7.31. The lowest BCUT2D eigenvalue weighted by Gasteiger charge is -2.12. The minimum absolute atomic E-state index is 0.0171. The van der Waals surface area contributed by atoms with E-state index >= 15 is 0 Å². The van der Waals surface area contributed by atoms with Crippen molar-refractivity contribution in [1.82, 2.24) is 9.55 Å². The third kappa shape index (κ3) is 4.89. The van der Waals surface area contributed by atoms with E-state index in [0.717, 1.165) is 28.4 Å². The van der Waals surface area contributed by atoms with Crippen LogP contribution in [0.4, 0.5) is 0 Å². The number of thiophene rings is 1. The number of carbonyl (C=O) groups is 1. The zero-order valence-corrected chi connectivity index (χ0v) is 18.8. The summed E-state index contributed by atoms with van der Waals surface area (Å²) in [6.07, 6.45) is 1.65. The van der Waals surface area contributed by atoms with E-state index in [1.807, 2.05) is 36.4 Å². The summed E-state index contributed by atoms with van der Waals surface area (Å²) in [5.74, 6) is 0.208. The van der Waals surface area contributed by atoms with Crippen LogP contribution in [-0.4, -0.2) is 15.5 Å². The molecule has 0 aliphatic carbocycles. The molecule has 31 heavy (non-hydrogen) atoms. The summed E-state index contributed by atoms with van der Waals surface area (Å²) in [4.78, 5) is 31.4. The van der Waals surface area contributed by atoms with Gasteiger partial charge in [-0.1, -0.05) is 61.2 Å². The summed E-state index contributed by atoms with van der Waals surface area (Å²) in [5.41, 5.74) is 8.05. The molecule has 0 spiro atoms. The number of fused-ring (bicyclic) bond motifs is 1. The zero-order valence-electron chi connectivity index (χ0n) is 17.2. The average Bonchev–Trinajstić information content (AvgIpc) is 3.22. The Labute approximate surface area is 188 Å². The summed E-state index contributed by atoms with van der Waals surface area (Å²) in [6, 6.07) is 19.4. The lowest BCUT2D eigenvalue weighted by Crippen LogP contribution is -2.23. The Hall–Kier alpha value is -2.90. The molecule has 5 nitrogen and oxygen atoms in total. The van der Waals surface area contributed by atoms with Crippen LogP contribution in [0.1, 0.15) is 33.3 Å². The number of thioether (sulfide) groups is 1. The highest BCUT2D eigenvalue weighted by atomic mass is 32.2. The maximum Gasteiger partial charge on any atom is 0.262 e. The van der Waals surface area contributed by atoms with Gasteiger partial charge in [0.1, 0.15) is 4.83 Å². The molecule has 0 radical (unpaired) electrons. The molecular weight excluding hydrogens is 426 g/mol. The number of hydrogen-bond acceptors (Lipinski definition) is 5. The second kappa shape index (κ2) is 9.49. The number of aryl methyl sites for hydroxylation is 2. The van der Waals surface area contributed by atoms with Crippen molar-refractivity contribution in [1.29, 1.82) is 0 Å². The van der Waals surface area contributed by atoms with Gasteiger partial charge in [0.05, 0.1) is 5.39 Å². The SMILES string of the molecule is CCc1cc2c(=O)n(CCc3ccccc3)c(SCc3ccc(C(N)=O)cc3)nc2s1. The van der Waals surface area contributed by atoms with Gasteiger partial charge in [0.25, 0.3) is 5.56 Å². The number of amides is 1. The van der Waals surface area contributed by atoms with E-state index in [2.05, 4.69) is 19.1 Å². The molecule has 0 saturated carbocycles. The fraction of sp³-hybridized carbons (Fsp3) is 0.208. The summed E-state index contributed by atoms with van der Waals surface area (Å²) < 4.78 is 1.80. The molecule has 7 heteroatoms. The number of rotatable bonds is 8. The van der Waals surface area contributed by atoms with E-state index in [9.17, 15) is 9.59 Å². The van der Waals surface area contributed by atoms with Crippen molar-refractivity contribution in [2.75, 3.05) is 0 Å². The highest BCUT2D eigenvalue weighted by Gasteiger charge is 2.15. The molecule has 2 aromatic carbocycles. The van der Waals surface area contributed by atoms with E-state index in [1.54, 1.807) is 28.0 Å². The standard InChI is InChI=1S/C24H23N3O2S2/c1-2-19-14-20-22(31-19)26-24(30-15-17-8-10-18(11-9-17)21(25)28)27(23(20)29)13-12-16-6-4-3-5-7-16/h3-11,14H,2,12-13,15H2,1H3,(H2,25,28). The molecular formula is C24H23N3O2S2. The summed E-state index contributed by atoms with van der Waals surface area (Å²) in [7, 11) is 0. The van der Waals surface area contributed by atoms with Gasteiger partial charge in [-0.15, -0.1) is 11.3 Å². The Morgan fingerprint density at radius 3 is 2.52 bits per heavy atom. The van der Waals surface area contributed by atoms with Crippen LogP contribution in [0, 0.1) is 0 Å². The van der Waals surface area contributed by atoms with Crippen molar-refractivity contribution in [3.05, 3.63) is 92.6 Å². The molecule has 0 saturated heterocycles. The summed E-state index contributed by atoms with van der Waals surface area (Å²) in [5, 5.41) is 1.42. The van der Waals surface area contributed by atoms with Crippen molar-refractivity contribution in [3.63, 3.8) is 0 Å². The molecule has 0 aliphatic rings. The first kappa shape index (κ1) is 21.3. The normalized spacial score (nSPS) is 11.1. The van der Waals surface area contributed by atoms with Crippen LogP contribution in [0.3, 0.4) is 0 Å². The fourth-order valence-corrected chi connectivity index (χ4v) is 5.32. The molecule has 4 aromatic rings. The molecule has 0 fully saturated rings. The van der Waals surface area contributed by atoms with Crippen LogP contribution in [-0.2, 0) is 25.1 Å². The molecule has 0 atom stereocenters. The molecule has 2 aromatic heterocycles. The Morgan fingerprint density at radius 2 is 1.84 bits per heavy atom. The quantitative estimate of drug-likeness (QED) is 0.314. The van der Waals surface area contributed by atoms with Gasteiger partial charge in [-0.2, -0.15) is 0 Å². The third-order valence-electron chi connectivity index (χ3n) is 5.09. The number of nitrogens with zero attached hydrogens (tertiary/aromatic N) is 2. The number of aromatic nitrogens is 2. The van der Waals surface area contributed by atoms with E-state index in [-0.39, 0.29) is 5.56 Å². The Kier molecular flexibility index (Phi) is 6.53. The predicted molar refractivity (Wildman–Crippen MR) is 128 cm³/mol. The van der Waals surface area contributed by atoms with E-state index in [4.69, 9.17) is 10.7 Å². The monoisotopic (exact) mass is 449 g/mol. The van der Waals surface area contributed by atoms with Gasteiger partial charge in [-0.25, -0.2) is 4.98 Å². The van der Waals surface area contributed by atoms with Crippen LogP contribution in [0.25, 0.3) is 10.2 Å². The molecule has 158 valence electrons. The molecule has 1 amide bonds. The van der Waals surface area contributed by atoms with Gasteiger partial charge in [0.15, 0.2) is 5.16 Å². The minimum atomic E-state index is -0.439. The molecule has 2 heterocycles. The van der Waals surface area contributed by atoms with Crippen molar-refractivity contribution in [3.8, 4) is 0 Å². The Morgan fingerprint density at radius 1 is 1.10 bits per heavy atom. The lowest BCUT2D eigenvalue weighted by atomic mass is 10.1. The maximum absolute atomic E-state index is 13.3. The topological polar surface area (TPSA) is 78.0 Å². The van der Waals surface area contributed by atoms with Gasteiger partial charge >= 0.3 is 0 Å². The van der Waals surface area contributed by atoms with E-state index in [0.29, 0.717) is 23.2 Å². The Balaban J connectivity index is 1.64. The number of hydrogen-bond donors (Lipinski definition) is 1. The van der Waals surface area contributed by atoms with Crippen LogP contribution >= 0.6 is 23.1 Å². The largest absolute Gasteiger partial charge is 0.366 e. The average molecular weight is 450 g/mol. The first-order valence-corrected chi connectivity index (χ1v) is 11.9. The highest BCUT2D eigenvalue weighted by molar-refractivity contribution is 7.98. The maximum atomic E-state index is 13.3. The van der Waals surface area contributed by atoms with Crippen LogP contribution in [0.5, 0.6) is 0 Å². The van der Waals surface area contributed by atoms with Gasteiger partial charge in [-0.3, -0.25) is 14.2 Å². The van der Waals surface area contributed by atoms with Crippen LogP contribution < -0.4 is 11.3 Å². The molecule has 2 N–H and O–H groups in total. The van der Waals surface area contributed by atoms with Crippen LogP contribution in [0.2, 0.25) is 0 Å². The first-order valence-electron chi connectivity index (χ1n) is 10.1. The fourth-order valence-electron chi connectivity index (χ4n) is 3.33. The van der Waals surface area contributed by atoms with Crippen molar-refractivity contribution in [2.24, 2.45) is 5.73 Å². The van der Waals surface area contributed by atoms with Gasteiger partial charge in [0.2, 0.25) is 5.91 Å². The molecule has 0 unspecified atom stereocenters. The van der Waals surface area contributed by atoms with Gasteiger partial charge in [0, 0.05) is 22.7 Å². The predicted octanol–water partition coefficient (Wildman–Crippen LogP) is 4.65. The second-order valence-electron chi connectivity index (χ2n) is 7.22. The molecule has 0 aliphatic heterocycles. The minimum Gasteiger partial charge on any atom is -0.366 e. The number of carbonyl (C=O) groups excluding carboxylic acids is 1. The summed E-state index contributed by atoms with van der Waals surface area (Å²) >= 11 is 3.12. The van der Waals surface area contributed by atoms with Crippen molar-refractivity contribution < 1.29 is 4.79 Å². The second-order valence-corrected chi connectivity index (χ2v) is 9.28. The van der Waals surface area contributed by atoms with Crippen LogP contribution in [0.15, 0.2) is 70.6 Å². The smallest absolute Gasteiger partial charge is 0.262 e. The molecule has 4 rings (SSSR count).